The summed E-state index contributed by atoms with van der Waals surface area (Å²) in [5, 5.41) is 4.35. The number of hydrogen-bond donors (Lipinski definition) is 1. The van der Waals surface area contributed by atoms with E-state index in [0.29, 0.717) is 24.2 Å². The third-order valence-electron chi connectivity index (χ3n) is 2.88. The van der Waals surface area contributed by atoms with Gasteiger partial charge in [0.05, 0.1) is 5.69 Å². The standard InChI is InChI=1S/C15H16N2O2/c1-10(2)16-8-12-9-18-15(17-12)14-7-11-5-3-4-6-13(11)19-14/h3-7,9-10,16H,8H2,1-2H3. The summed E-state index contributed by atoms with van der Waals surface area (Å²) in [5.41, 5.74) is 1.72. The van der Waals surface area contributed by atoms with E-state index in [0.717, 1.165) is 16.7 Å². The van der Waals surface area contributed by atoms with Gasteiger partial charge in [-0.15, -0.1) is 0 Å². The van der Waals surface area contributed by atoms with Crippen molar-refractivity contribution < 1.29 is 8.83 Å². The smallest absolute Gasteiger partial charge is 0.263 e. The molecule has 0 aliphatic heterocycles. The number of nitrogens with one attached hydrogen (secondary N) is 1. The topological polar surface area (TPSA) is 51.2 Å². The van der Waals surface area contributed by atoms with E-state index >= 15 is 0 Å². The number of rotatable bonds is 4. The van der Waals surface area contributed by atoms with E-state index in [1.807, 2.05) is 30.3 Å². The maximum atomic E-state index is 5.72. The van der Waals surface area contributed by atoms with Crippen LogP contribution in [0.2, 0.25) is 0 Å². The molecule has 1 N–H and O–H groups in total. The average molecular weight is 256 g/mol. The van der Waals surface area contributed by atoms with Crippen molar-refractivity contribution in [3.8, 4) is 11.7 Å². The van der Waals surface area contributed by atoms with Gasteiger partial charge in [0.25, 0.3) is 5.89 Å². The number of furan rings is 1. The summed E-state index contributed by atoms with van der Waals surface area (Å²) in [6, 6.07) is 10.2. The van der Waals surface area contributed by atoms with E-state index < -0.39 is 0 Å². The highest BCUT2D eigenvalue weighted by Gasteiger charge is 2.12. The lowest BCUT2D eigenvalue weighted by atomic mass is 10.2. The van der Waals surface area contributed by atoms with Gasteiger partial charge >= 0.3 is 0 Å². The van der Waals surface area contributed by atoms with Crippen molar-refractivity contribution in [2.45, 2.75) is 26.4 Å². The van der Waals surface area contributed by atoms with Crippen LogP contribution in [0, 0.1) is 0 Å². The van der Waals surface area contributed by atoms with Gasteiger partial charge in [-0.1, -0.05) is 32.0 Å². The molecule has 0 radical (unpaired) electrons. The SMILES string of the molecule is CC(C)NCc1coc(-c2cc3ccccc3o2)n1. The molecule has 0 bridgehead atoms. The minimum atomic E-state index is 0.423. The minimum absolute atomic E-state index is 0.423. The Morgan fingerprint density at radius 3 is 2.89 bits per heavy atom. The molecule has 2 heterocycles. The second-order valence-electron chi connectivity index (χ2n) is 4.83. The average Bonchev–Trinajstić information content (AvgIpc) is 3.02. The van der Waals surface area contributed by atoms with Crippen LogP contribution in [0.15, 0.2) is 45.4 Å². The van der Waals surface area contributed by atoms with Crippen molar-refractivity contribution in [1.82, 2.24) is 10.3 Å². The summed E-state index contributed by atoms with van der Waals surface area (Å²) in [5.74, 6) is 1.19. The molecule has 19 heavy (non-hydrogen) atoms. The first-order valence-corrected chi connectivity index (χ1v) is 6.39. The Bertz CT molecular complexity index is 649. The molecule has 0 amide bonds. The normalized spacial score (nSPS) is 11.5. The molecule has 98 valence electrons. The molecule has 4 nitrogen and oxygen atoms in total. The van der Waals surface area contributed by atoms with Gasteiger partial charge in [-0.25, -0.2) is 4.98 Å². The maximum absolute atomic E-state index is 5.72. The number of benzene rings is 1. The lowest BCUT2D eigenvalue weighted by Gasteiger charge is -2.03. The third-order valence-corrected chi connectivity index (χ3v) is 2.88. The molecule has 0 aliphatic carbocycles. The van der Waals surface area contributed by atoms with Crippen LogP contribution in [-0.4, -0.2) is 11.0 Å². The zero-order valence-corrected chi connectivity index (χ0v) is 11.0. The summed E-state index contributed by atoms with van der Waals surface area (Å²) >= 11 is 0. The molecule has 2 aromatic heterocycles. The Morgan fingerprint density at radius 2 is 2.11 bits per heavy atom. The highest BCUT2D eigenvalue weighted by molar-refractivity contribution is 5.81. The second kappa shape index (κ2) is 4.90. The molecule has 0 fully saturated rings. The van der Waals surface area contributed by atoms with E-state index in [4.69, 9.17) is 8.83 Å². The van der Waals surface area contributed by atoms with Gasteiger partial charge < -0.3 is 14.2 Å². The fraction of sp³-hybridized carbons (Fsp3) is 0.267. The molecule has 0 saturated carbocycles. The van der Waals surface area contributed by atoms with Crippen LogP contribution in [-0.2, 0) is 6.54 Å². The Morgan fingerprint density at radius 1 is 1.26 bits per heavy atom. The summed E-state index contributed by atoms with van der Waals surface area (Å²) in [6.07, 6.45) is 1.66. The van der Waals surface area contributed by atoms with Crippen LogP contribution in [0.5, 0.6) is 0 Å². The molecule has 0 unspecified atom stereocenters. The Hall–Kier alpha value is -2.07. The molecule has 0 saturated heterocycles. The first kappa shape index (κ1) is 12.0. The number of oxazole rings is 1. The molecule has 0 atom stereocenters. The van der Waals surface area contributed by atoms with Crippen molar-refractivity contribution in [3.63, 3.8) is 0 Å². The van der Waals surface area contributed by atoms with Crippen LogP contribution >= 0.6 is 0 Å². The first-order chi connectivity index (χ1) is 9.22. The fourth-order valence-corrected chi connectivity index (χ4v) is 1.90. The van der Waals surface area contributed by atoms with E-state index in [1.54, 1.807) is 6.26 Å². The lowest BCUT2D eigenvalue weighted by molar-refractivity contribution is 0.531. The number of hydrogen-bond acceptors (Lipinski definition) is 4. The predicted octanol–water partition coefficient (Wildman–Crippen LogP) is 3.59. The van der Waals surface area contributed by atoms with Crippen molar-refractivity contribution in [1.29, 1.82) is 0 Å². The summed E-state index contributed by atoms with van der Waals surface area (Å²) in [6.45, 7) is 4.89. The van der Waals surface area contributed by atoms with Crippen LogP contribution in [0.1, 0.15) is 19.5 Å². The minimum Gasteiger partial charge on any atom is -0.451 e. The second-order valence-corrected chi connectivity index (χ2v) is 4.83. The highest BCUT2D eigenvalue weighted by Crippen LogP contribution is 2.26. The summed E-state index contributed by atoms with van der Waals surface area (Å²) < 4.78 is 11.2. The largest absolute Gasteiger partial charge is 0.451 e. The fourth-order valence-electron chi connectivity index (χ4n) is 1.90. The van der Waals surface area contributed by atoms with Crippen LogP contribution in [0.25, 0.3) is 22.6 Å². The molecular formula is C15H16N2O2. The number of fused-ring (bicyclic) bond motifs is 1. The molecule has 0 spiro atoms. The number of para-hydroxylation sites is 1. The van der Waals surface area contributed by atoms with Crippen molar-refractivity contribution in [3.05, 3.63) is 42.3 Å². The van der Waals surface area contributed by atoms with Gasteiger partial charge in [0.15, 0.2) is 5.76 Å². The van der Waals surface area contributed by atoms with Crippen LogP contribution in [0.3, 0.4) is 0 Å². The molecule has 3 aromatic rings. The molecule has 0 aliphatic rings. The van der Waals surface area contributed by atoms with Crippen molar-refractivity contribution in [2.24, 2.45) is 0 Å². The summed E-state index contributed by atoms with van der Waals surface area (Å²) in [7, 11) is 0. The molecule has 1 aromatic carbocycles. The quantitative estimate of drug-likeness (QED) is 0.775. The van der Waals surface area contributed by atoms with E-state index in [1.165, 1.54) is 0 Å². The Balaban J connectivity index is 1.85. The van der Waals surface area contributed by atoms with Gasteiger partial charge in [-0.2, -0.15) is 0 Å². The number of aromatic nitrogens is 1. The zero-order valence-electron chi connectivity index (χ0n) is 11.0. The predicted molar refractivity (Wildman–Crippen MR) is 73.7 cm³/mol. The van der Waals surface area contributed by atoms with Gasteiger partial charge in [0, 0.05) is 18.0 Å². The zero-order chi connectivity index (χ0) is 13.2. The number of nitrogens with zero attached hydrogens (tertiary/aromatic N) is 1. The lowest BCUT2D eigenvalue weighted by Crippen LogP contribution is -2.21. The van der Waals surface area contributed by atoms with Gasteiger partial charge in [0.2, 0.25) is 0 Å². The van der Waals surface area contributed by atoms with E-state index in [-0.39, 0.29) is 0 Å². The van der Waals surface area contributed by atoms with E-state index in [9.17, 15) is 0 Å². The summed E-state index contributed by atoms with van der Waals surface area (Å²) in [4.78, 5) is 4.42. The highest BCUT2D eigenvalue weighted by atomic mass is 16.4. The maximum Gasteiger partial charge on any atom is 0.263 e. The van der Waals surface area contributed by atoms with Gasteiger partial charge in [-0.05, 0) is 12.1 Å². The van der Waals surface area contributed by atoms with E-state index in [2.05, 4.69) is 24.1 Å². The van der Waals surface area contributed by atoms with Gasteiger partial charge in [-0.3, -0.25) is 0 Å². The van der Waals surface area contributed by atoms with Crippen LogP contribution in [0.4, 0.5) is 0 Å². The Labute approximate surface area is 111 Å². The van der Waals surface area contributed by atoms with Gasteiger partial charge in [0.1, 0.15) is 11.8 Å². The van der Waals surface area contributed by atoms with Crippen molar-refractivity contribution >= 4 is 11.0 Å². The third kappa shape index (κ3) is 2.53. The first-order valence-electron chi connectivity index (χ1n) is 6.39. The van der Waals surface area contributed by atoms with Crippen LogP contribution < -0.4 is 5.32 Å². The molecular weight excluding hydrogens is 240 g/mol. The molecule has 4 heteroatoms. The monoisotopic (exact) mass is 256 g/mol. The van der Waals surface area contributed by atoms with Crippen molar-refractivity contribution in [2.75, 3.05) is 0 Å². The molecule has 3 rings (SSSR count). The Kier molecular flexibility index (Phi) is 3.09.